The van der Waals surface area contributed by atoms with Gasteiger partial charge in [-0.2, -0.15) is 0 Å². The molecule has 3 rings (SSSR count). The Labute approximate surface area is 157 Å². The third-order valence-electron chi connectivity index (χ3n) is 5.39. The van der Waals surface area contributed by atoms with Crippen LogP contribution in [0.2, 0.25) is 0 Å². The lowest BCUT2D eigenvalue weighted by Crippen LogP contribution is -2.44. The van der Waals surface area contributed by atoms with E-state index in [0.29, 0.717) is 6.42 Å². The Morgan fingerprint density at radius 2 is 1.50 bits per heavy atom. The van der Waals surface area contributed by atoms with Gasteiger partial charge in [-0.05, 0) is 25.9 Å². The highest BCUT2D eigenvalue weighted by atomic mass is 16.6. The van der Waals surface area contributed by atoms with Gasteiger partial charge in [0.2, 0.25) is 0 Å². The summed E-state index contributed by atoms with van der Waals surface area (Å²) in [4.78, 5) is 15.0. The Morgan fingerprint density at radius 3 is 1.96 bits per heavy atom. The van der Waals surface area contributed by atoms with Gasteiger partial charge in [0.05, 0.1) is 0 Å². The summed E-state index contributed by atoms with van der Waals surface area (Å²) in [6.45, 7) is 7.24. The Bertz CT molecular complexity index is 653. The molecule has 3 heteroatoms. The quantitative estimate of drug-likeness (QED) is 0.682. The van der Waals surface area contributed by atoms with E-state index in [1.807, 2.05) is 43.3 Å². The number of benzene rings is 2. The molecule has 26 heavy (non-hydrogen) atoms. The fraction of sp³-hybridized carbons (Fsp3) is 0.435. The molecule has 0 amide bonds. The number of nitrogens with zero attached hydrogens (tertiary/aromatic N) is 1. The van der Waals surface area contributed by atoms with Crippen molar-refractivity contribution >= 4 is 5.97 Å². The van der Waals surface area contributed by atoms with Gasteiger partial charge < -0.3 is 9.64 Å². The zero-order chi connectivity index (χ0) is 18.4. The molecule has 3 nitrogen and oxygen atoms in total. The maximum Gasteiger partial charge on any atom is 0.306 e. The number of hydrogen-bond donors (Lipinski definition) is 0. The van der Waals surface area contributed by atoms with Gasteiger partial charge in [-0.15, -0.1) is 0 Å². The molecule has 0 N–H and O–H groups in total. The molecule has 0 saturated carbocycles. The summed E-state index contributed by atoms with van der Waals surface area (Å²) >= 11 is 0. The molecule has 0 radical (unpaired) electrons. The first-order chi connectivity index (χ1) is 12.7. The fourth-order valence-corrected chi connectivity index (χ4v) is 4.06. The predicted octanol–water partition coefficient (Wildman–Crippen LogP) is 4.62. The number of ether oxygens (including phenoxy) is 1. The van der Waals surface area contributed by atoms with Crippen LogP contribution in [0.15, 0.2) is 60.7 Å². The lowest BCUT2D eigenvalue weighted by molar-refractivity contribution is -0.162. The number of hydrogen-bond acceptors (Lipinski definition) is 3. The SMILES string of the molecule is CCC(=O)OC(c1ccccc1)(c1ccccc1)C(C)CN1CCCC1. The molecule has 1 heterocycles. The molecule has 0 spiro atoms. The Kier molecular flexibility index (Phi) is 6.10. The number of esters is 1. The molecule has 0 aromatic heterocycles. The highest BCUT2D eigenvalue weighted by Crippen LogP contribution is 2.41. The molecular formula is C23H29NO2. The molecular weight excluding hydrogens is 322 g/mol. The molecule has 0 aliphatic carbocycles. The summed E-state index contributed by atoms with van der Waals surface area (Å²) in [5.74, 6) is -0.0214. The first-order valence-electron chi connectivity index (χ1n) is 9.72. The average Bonchev–Trinajstić information content (AvgIpc) is 3.20. The van der Waals surface area contributed by atoms with Crippen molar-refractivity contribution in [2.75, 3.05) is 19.6 Å². The number of carbonyl (C=O) groups excluding carboxylic acids is 1. The average molecular weight is 351 g/mol. The molecule has 2 aromatic carbocycles. The number of rotatable bonds is 7. The van der Waals surface area contributed by atoms with Crippen molar-refractivity contribution in [1.82, 2.24) is 4.90 Å². The third-order valence-corrected chi connectivity index (χ3v) is 5.39. The summed E-state index contributed by atoms with van der Waals surface area (Å²) in [5, 5.41) is 0. The van der Waals surface area contributed by atoms with Gasteiger partial charge in [-0.25, -0.2) is 0 Å². The minimum absolute atomic E-state index is 0.140. The van der Waals surface area contributed by atoms with Crippen molar-refractivity contribution in [2.45, 2.75) is 38.7 Å². The summed E-state index contributed by atoms with van der Waals surface area (Å²) < 4.78 is 6.27. The van der Waals surface area contributed by atoms with Gasteiger partial charge in [0.25, 0.3) is 0 Å². The largest absolute Gasteiger partial charge is 0.449 e. The lowest BCUT2D eigenvalue weighted by atomic mass is 9.76. The van der Waals surface area contributed by atoms with E-state index >= 15 is 0 Å². The van der Waals surface area contributed by atoms with Gasteiger partial charge in [0.1, 0.15) is 0 Å². The topological polar surface area (TPSA) is 29.5 Å². The predicted molar refractivity (Wildman–Crippen MR) is 105 cm³/mol. The standard InChI is InChI=1S/C23H29NO2/c1-3-22(25)26-23(20-12-6-4-7-13-20,21-14-8-5-9-15-21)19(2)18-24-16-10-11-17-24/h4-9,12-15,19H,3,10-11,16-18H2,1-2H3. The Hall–Kier alpha value is -2.13. The number of carbonyl (C=O) groups is 1. The molecule has 138 valence electrons. The van der Waals surface area contributed by atoms with E-state index in [1.165, 1.54) is 12.8 Å². The van der Waals surface area contributed by atoms with E-state index in [0.717, 1.165) is 30.8 Å². The van der Waals surface area contributed by atoms with Crippen molar-refractivity contribution < 1.29 is 9.53 Å². The minimum Gasteiger partial charge on any atom is -0.449 e. The van der Waals surface area contributed by atoms with Gasteiger partial charge in [0.15, 0.2) is 5.60 Å². The van der Waals surface area contributed by atoms with E-state index in [4.69, 9.17) is 4.74 Å². The second-order valence-corrected chi connectivity index (χ2v) is 7.20. The van der Waals surface area contributed by atoms with Gasteiger partial charge in [0, 0.05) is 30.0 Å². The molecule has 1 aliphatic rings. The molecule has 0 bridgehead atoms. The molecule has 1 fully saturated rings. The summed E-state index contributed by atoms with van der Waals surface area (Å²) in [6, 6.07) is 20.4. The van der Waals surface area contributed by atoms with Gasteiger partial charge in [-0.1, -0.05) is 74.5 Å². The van der Waals surface area contributed by atoms with Crippen LogP contribution in [0.25, 0.3) is 0 Å². The van der Waals surface area contributed by atoms with Gasteiger partial charge in [-0.3, -0.25) is 4.79 Å². The van der Waals surface area contributed by atoms with Crippen molar-refractivity contribution in [3.05, 3.63) is 71.8 Å². The second-order valence-electron chi connectivity index (χ2n) is 7.20. The highest BCUT2D eigenvalue weighted by Gasteiger charge is 2.44. The van der Waals surface area contributed by atoms with Gasteiger partial charge >= 0.3 is 5.97 Å². The van der Waals surface area contributed by atoms with Crippen molar-refractivity contribution in [2.24, 2.45) is 5.92 Å². The minimum atomic E-state index is -0.766. The smallest absolute Gasteiger partial charge is 0.306 e. The molecule has 1 saturated heterocycles. The van der Waals surface area contributed by atoms with Crippen molar-refractivity contribution in [1.29, 1.82) is 0 Å². The van der Waals surface area contributed by atoms with Crippen LogP contribution in [-0.2, 0) is 15.1 Å². The Balaban J connectivity index is 2.08. The normalized spacial score (nSPS) is 16.4. The second kappa shape index (κ2) is 8.50. The lowest BCUT2D eigenvalue weighted by Gasteiger charge is -2.41. The highest BCUT2D eigenvalue weighted by molar-refractivity contribution is 5.70. The summed E-state index contributed by atoms with van der Waals surface area (Å²) in [6.07, 6.45) is 2.88. The summed E-state index contributed by atoms with van der Waals surface area (Å²) in [7, 11) is 0. The number of likely N-dealkylation sites (tertiary alicyclic amines) is 1. The molecule has 1 unspecified atom stereocenters. The van der Waals surface area contributed by atoms with E-state index in [-0.39, 0.29) is 11.9 Å². The van der Waals surface area contributed by atoms with E-state index < -0.39 is 5.60 Å². The van der Waals surface area contributed by atoms with Crippen LogP contribution < -0.4 is 0 Å². The molecule has 1 atom stereocenters. The zero-order valence-corrected chi connectivity index (χ0v) is 15.9. The third kappa shape index (κ3) is 3.83. The monoisotopic (exact) mass is 351 g/mol. The maximum absolute atomic E-state index is 12.5. The maximum atomic E-state index is 12.5. The first-order valence-corrected chi connectivity index (χ1v) is 9.72. The van der Waals surface area contributed by atoms with Crippen LogP contribution in [0.5, 0.6) is 0 Å². The van der Waals surface area contributed by atoms with Crippen LogP contribution in [0.3, 0.4) is 0 Å². The summed E-state index contributed by atoms with van der Waals surface area (Å²) in [5.41, 5.74) is 1.32. The van der Waals surface area contributed by atoms with E-state index in [2.05, 4.69) is 36.1 Å². The fourth-order valence-electron chi connectivity index (χ4n) is 4.06. The van der Waals surface area contributed by atoms with Crippen LogP contribution >= 0.6 is 0 Å². The Morgan fingerprint density at radius 1 is 1.00 bits per heavy atom. The molecule has 2 aromatic rings. The zero-order valence-electron chi connectivity index (χ0n) is 15.9. The van der Waals surface area contributed by atoms with Crippen LogP contribution in [0.4, 0.5) is 0 Å². The van der Waals surface area contributed by atoms with Crippen LogP contribution in [0.1, 0.15) is 44.2 Å². The van der Waals surface area contributed by atoms with E-state index in [9.17, 15) is 4.79 Å². The van der Waals surface area contributed by atoms with Crippen LogP contribution in [0, 0.1) is 5.92 Å². The van der Waals surface area contributed by atoms with Crippen molar-refractivity contribution in [3.63, 3.8) is 0 Å². The molecule has 1 aliphatic heterocycles. The van der Waals surface area contributed by atoms with Crippen LogP contribution in [-0.4, -0.2) is 30.5 Å². The van der Waals surface area contributed by atoms with E-state index in [1.54, 1.807) is 0 Å². The van der Waals surface area contributed by atoms with Crippen molar-refractivity contribution in [3.8, 4) is 0 Å². The first kappa shape index (κ1) is 18.7.